The highest BCUT2D eigenvalue weighted by Crippen LogP contribution is 2.38. The second-order valence-electron chi connectivity index (χ2n) is 10.0. The Morgan fingerprint density at radius 2 is 1.25 bits per heavy atom. The van der Waals surface area contributed by atoms with Crippen molar-refractivity contribution in [2.75, 3.05) is 0 Å². The van der Waals surface area contributed by atoms with Gasteiger partial charge in [-0.25, -0.2) is 9.97 Å². The summed E-state index contributed by atoms with van der Waals surface area (Å²) >= 11 is 6.78. The van der Waals surface area contributed by atoms with Gasteiger partial charge in [0.2, 0.25) is 0 Å². The van der Waals surface area contributed by atoms with Crippen LogP contribution in [0, 0.1) is 0 Å². The lowest BCUT2D eigenvalue weighted by atomic mass is 10.1. The van der Waals surface area contributed by atoms with Crippen LogP contribution >= 0.6 is 11.6 Å². The van der Waals surface area contributed by atoms with Crippen molar-refractivity contribution in [3.05, 3.63) is 138 Å². The number of rotatable bonds is 3. The minimum Gasteiger partial charge on any atom is -0.309 e. The summed E-state index contributed by atoms with van der Waals surface area (Å²) in [6.07, 6.45) is 0. The lowest BCUT2D eigenvalue weighted by Crippen LogP contribution is -1.97. The van der Waals surface area contributed by atoms with Crippen LogP contribution in [0.5, 0.6) is 0 Å². The maximum Gasteiger partial charge on any atom is 0.160 e. The van der Waals surface area contributed by atoms with E-state index in [1.165, 1.54) is 10.8 Å². The van der Waals surface area contributed by atoms with Crippen LogP contribution in [0.1, 0.15) is 0 Å². The van der Waals surface area contributed by atoms with Crippen molar-refractivity contribution < 1.29 is 0 Å². The molecular weight excluding hydrogens is 510 g/mol. The highest BCUT2D eigenvalue weighted by molar-refractivity contribution is 6.38. The van der Waals surface area contributed by atoms with Crippen molar-refractivity contribution in [1.29, 1.82) is 0 Å². The zero-order valence-corrected chi connectivity index (χ0v) is 22.2. The predicted octanol–water partition coefficient (Wildman–Crippen LogP) is 9.87. The Kier molecular flexibility index (Phi) is 5.19. The molecule has 0 saturated heterocycles. The molecule has 0 aliphatic heterocycles. The van der Waals surface area contributed by atoms with Crippen molar-refractivity contribution >= 4 is 55.1 Å². The number of aromatic nitrogens is 3. The summed E-state index contributed by atoms with van der Waals surface area (Å²) in [4.78, 5) is 9.98. The normalized spacial score (nSPS) is 11.6. The summed E-state index contributed by atoms with van der Waals surface area (Å²) in [5, 5.41) is 6.42. The third-order valence-corrected chi connectivity index (χ3v) is 7.96. The molecule has 0 atom stereocenters. The summed E-state index contributed by atoms with van der Waals surface area (Å²) in [5.74, 6) is 0.709. The van der Waals surface area contributed by atoms with Crippen molar-refractivity contribution in [2.24, 2.45) is 0 Å². The standard InChI is InChI=1S/C36H22ClN3/c37-30-14-8-16-32-34(30)29-21-25-11-4-5-12-26(25)22-33(29)40(32)27-19-17-24(18-20-27)36-38-31-15-7-6-13-28(31)35(39-36)23-9-2-1-3-10-23/h1-22H. The molecule has 6 aromatic carbocycles. The summed E-state index contributed by atoms with van der Waals surface area (Å²) < 4.78 is 2.30. The Morgan fingerprint density at radius 3 is 2.08 bits per heavy atom. The van der Waals surface area contributed by atoms with Gasteiger partial charge in [-0.1, -0.05) is 90.5 Å². The van der Waals surface area contributed by atoms with Crippen molar-refractivity contribution in [3.63, 3.8) is 0 Å². The number of nitrogens with zero attached hydrogens (tertiary/aromatic N) is 3. The van der Waals surface area contributed by atoms with Crippen LogP contribution < -0.4 is 0 Å². The maximum atomic E-state index is 6.78. The molecule has 0 spiro atoms. The third kappa shape index (κ3) is 3.59. The Morgan fingerprint density at radius 1 is 0.525 bits per heavy atom. The Hall–Kier alpha value is -4.99. The molecule has 8 aromatic rings. The molecule has 0 aliphatic carbocycles. The number of hydrogen-bond donors (Lipinski definition) is 0. The molecule has 0 unspecified atom stereocenters. The molecule has 0 amide bonds. The highest BCUT2D eigenvalue weighted by atomic mass is 35.5. The van der Waals surface area contributed by atoms with Crippen LogP contribution in [0.4, 0.5) is 0 Å². The molecule has 40 heavy (non-hydrogen) atoms. The zero-order chi connectivity index (χ0) is 26.6. The lowest BCUT2D eigenvalue weighted by Gasteiger charge is -2.11. The molecule has 0 radical (unpaired) electrons. The van der Waals surface area contributed by atoms with Gasteiger partial charge in [-0.3, -0.25) is 0 Å². The predicted molar refractivity (Wildman–Crippen MR) is 167 cm³/mol. The molecule has 188 valence electrons. The average Bonchev–Trinajstić information content (AvgIpc) is 3.34. The highest BCUT2D eigenvalue weighted by Gasteiger charge is 2.16. The average molecular weight is 532 g/mol. The SMILES string of the molecule is Clc1cccc2c1c1cc3ccccc3cc1n2-c1ccc(-c2nc(-c3ccccc3)c3ccccc3n2)cc1. The maximum absolute atomic E-state index is 6.78. The van der Waals surface area contributed by atoms with Gasteiger partial charge in [0.1, 0.15) is 0 Å². The van der Waals surface area contributed by atoms with Gasteiger partial charge in [0.15, 0.2) is 5.82 Å². The van der Waals surface area contributed by atoms with E-state index in [2.05, 4.69) is 89.5 Å². The summed E-state index contributed by atoms with van der Waals surface area (Å²) in [7, 11) is 0. The topological polar surface area (TPSA) is 30.7 Å². The fourth-order valence-corrected chi connectivity index (χ4v) is 6.04. The molecule has 0 bridgehead atoms. The van der Waals surface area contributed by atoms with Crippen LogP contribution in [0.25, 0.3) is 71.8 Å². The second kappa shape index (κ2) is 9.04. The van der Waals surface area contributed by atoms with Crippen LogP contribution in [-0.4, -0.2) is 14.5 Å². The Labute approximate surface area is 235 Å². The van der Waals surface area contributed by atoms with E-state index in [-0.39, 0.29) is 0 Å². The van der Waals surface area contributed by atoms with Gasteiger partial charge in [0.05, 0.1) is 27.3 Å². The molecule has 4 heteroatoms. The summed E-state index contributed by atoms with van der Waals surface area (Å²) in [5.41, 5.74) is 7.19. The van der Waals surface area contributed by atoms with E-state index < -0.39 is 0 Å². The quantitative estimate of drug-likeness (QED) is 0.227. The molecule has 0 aliphatic rings. The van der Waals surface area contributed by atoms with E-state index in [0.29, 0.717) is 5.82 Å². The van der Waals surface area contributed by atoms with Crippen molar-refractivity contribution in [1.82, 2.24) is 14.5 Å². The van der Waals surface area contributed by atoms with E-state index in [4.69, 9.17) is 21.6 Å². The number of fused-ring (bicyclic) bond motifs is 5. The number of benzene rings is 6. The van der Waals surface area contributed by atoms with Gasteiger partial charge in [-0.05, 0) is 65.4 Å². The number of hydrogen-bond acceptors (Lipinski definition) is 2. The first kappa shape index (κ1) is 22.9. The fraction of sp³-hybridized carbons (Fsp3) is 0. The van der Waals surface area contributed by atoms with Crippen LogP contribution in [0.3, 0.4) is 0 Å². The number of para-hydroxylation sites is 1. The fourth-order valence-electron chi connectivity index (χ4n) is 5.77. The smallest absolute Gasteiger partial charge is 0.160 e. The largest absolute Gasteiger partial charge is 0.309 e. The van der Waals surface area contributed by atoms with Gasteiger partial charge in [0.25, 0.3) is 0 Å². The van der Waals surface area contributed by atoms with Crippen molar-refractivity contribution in [2.45, 2.75) is 0 Å². The first-order chi connectivity index (χ1) is 19.7. The monoisotopic (exact) mass is 531 g/mol. The van der Waals surface area contributed by atoms with Gasteiger partial charge < -0.3 is 4.57 Å². The molecule has 2 heterocycles. The molecule has 0 N–H and O–H groups in total. The minimum absolute atomic E-state index is 0.709. The molecule has 0 fully saturated rings. The van der Waals surface area contributed by atoms with E-state index in [1.807, 2.05) is 48.5 Å². The zero-order valence-electron chi connectivity index (χ0n) is 21.4. The van der Waals surface area contributed by atoms with Crippen molar-refractivity contribution in [3.8, 4) is 28.3 Å². The first-order valence-electron chi connectivity index (χ1n) is 13.3. The van der Waals surface area contributed by atoms with Gasteiger partial charge in [0, 0.05) is 33.0 Å². The summed E-state index contributed by atoms with van der Waals surface area (Å²) in [6, 6.07) is 46.1. The first-order valence-corrected chi connectivity index (χ1v) is 13.7. The molecule has 0 saturated carbocycles. The van der Waals surface area contributed by atoms with E-state index in [9.17, 15) is 0 Å². The second-order valence-corrected chi connectivity index (χ2v) is 10.4. The van der Waals surface area contributed by atoms with Gasteiger partial charge in [-0.2, -0.15) is 0 Å². The molecule has 8 rings (SSSR count). The van der Waals surface area contributed by atoms with E-state index >= 15 is 0 Å². The van der Waals surface area contributed by atoms with Gasteiger partial charge in [-0.15, -0.1) is 0 Å². The van der Waals surface area contributed by atoms with Gasteiger partial charge >= 0.3 is 0 Å². The number of halogens is 1. The summed E-state index contributed by atoms with van der Waals surface area (Å²) in [6.45, 7) is 0. The third-order valence-electron chi connectivity index (χ3n) is 7.64. The molecule has 2 aromatic heterocycles. The van der Waals surface area contributed by atoms with E-state index in [0.717, 1.165) is 60.2 Å². The lowest BCUT2D eigenvalue weighted by molar-refractivity contribution is 1.17. The Balaban J connectivity index is 1.32. The van der Waals surface area contributed by atoms with Crippen LogP contribution in [0.2, 0.25) is 5.02 Å². The van der Waals surface area contributed by atoms with Crippen LogP contribution in [0.15, 0.2) is 133 Å². The molecular formula is C36H22ClN3. The minimum atomic E-state index is 0.709. The van der Waals surface area contributed by atoms with Crippen LogP contribution in [-0.2, 0) is 0 Å². The van der Waals surface area contributed by atoms with E-state index in [1.54, 1.807) is 0 Å². The molecule has 3 nitrogen and oxygen atoms in total. The Bertz CT molecular complexity index is 2210.